The van der Waals surface area contributed by atoms with Crippen molar-refractivity contribution in [1.29, 1.82) is 0 Å². The van der Waals surface area contributed by atoms with E-state index in [0.717, 1.165) is 5.75 Å². The lowest BCUT2D eigenvalue weighted by Crippen LogP contribution is -2.60. The maximum absolute atomic E-state index is 9.92. The Morgan fingerprint density at radius 3 is 2.33 bits per heavy atom. The molecule has 0 bridgehead atoms. The normalized spacial score (nSPS) is 32.7. The molecule has 7 heteroatoms. The highest BCUT2D eigenvalue weighted by Gasteiger charge is 2.43. The summed E-state index contributed by atoms with van der Waals surface area (Å²) in [5.74, 6) is 0.719. The number of anilines is 1. The van der Waals surface area contributed by atoms with Crippen molar-refractivity contribution in [2.45, 2.75) is 37.6 Å². The molecule has 0 unspecified atom stereocenters. The van der Waals surface area contributed by atoms with Crippen LogP contribution in [0.4, 0.5) is 5.69 Å². The van der Waals surface area contributed by atoms with E-state index in [9.17, 15) is 15.3 Å². The number of rotatable bonds is 5. The second kappa shape index (κ2) is 7.06. The molecule has 0 amide bonds. The van der Waals surface area contributed by atoms with E-state index in [2.05, 4.69) is 5.32 Å². The smallest absolute Gasteiger partial charge is 0.157 e. The minimum Gasteiger partial charge on any atom is -0.494 e. The van der Waals surface area contributed by atoms with Gasteiger partial charge in [0.1, 0.15) is 30.2 Å². The molecular formula is C14H21NO6. The summed E-state index contributed by atoms with van der Waals surface area (Å²) in [7, 11) is 0. The minimum absolute atomic E-state index is 0.452. The Kier molecular flexibility index (Phi) is 5.38. The Morgan fingerprint density at radius 1 is 1.10 bits per heavy atom. The van der Waals surface area contributed by atoms with Gasteiger partial charge in [-0.2, -0.15) is 0 Å². The molecule has 5 atom stereocenters. The van der Waals surface area contributed by atoms with Crippen molar-refractivity contribution in [3.05, 3.63) is 24.3 Å². The van der Waals surface area contributed by atoms with Crippen LogP contribution in [-0.4, -0.2) is 64.3 Å². The zero-order valence-electron chi connectivity index (χ0n) is 11.7. The molecule has 1 aromatic rings. The Labute approximate surface area is 122 Å². The van der Waals surface area contributed by atoms with Crippen LogP contribution in [0.1, 0.15) is 6.92 Å². The van der Waals surface area contributed by atoms with E-state index in [1.54, 1.807) is 24.3 Å². The monoisotopic (exact) mass is 299 g/mol. The molecule has 0 aromatic heterocycles. The predicted octanol–water partition coefficient (Wildman–Crippen LogP) is -0.703. The Hall–Kier alpha value is -1.38. The molecule has 1 aliphatic heterocycles. The topological polar surface area (TPSA) is 111 Å². The summed E-state index contributed by atoms with van der Waals surface area (Å²) >= 11 is 0. The summed E-state index contributed by atoms with van der Waals surface area (Å²) in [5, 5.41) is 41.4. The average Bonchev–Trinajstić information content (AvgIpc) is 2.50. The summed E-state index contributed by atoms with van der Waals surface area (Å²) < 4.78 is 10.7. The second-order valence-electron chi connectivity index (χ2n) is 4.85. The third kappa shape index (κ3) is 3.63. The van der Waals surface area contributed by atoms with Gasteiger partial charge in [-0.1, -0.05) is 0 Å². The van der Waals surface area contributed by atoms with Crippen LogP contribution in [0.25, 0.3) is 0 Å². The highest BCUT2D eigenvalue weighted by atomic mass is 16.6. The molecule has 1 aliphatic rings. The molecule has 1 fully saturated rings. The van der Waals surface area contributed by atoms with Gasteiger partial charge >= 0.3 is 0 Å². The highest BCUT2D eigenvalue weighted by Crippen LogP contribution is 2.24. The van der Waals surface area contributed by atoms with Crippen LogP contribution < -0.4 is 10.1 Å². The standard InChI is InChI=1S/C14H21NO6/c1-2-20-9-5-3-8(4-6-9)15-14-13(19)12(18)11(17)10(7-16)21-14/h3-6,10-19H,2,7H2,1H3/t10-,11+,12+,13-,14-/m1/s1. The third-order valence-corrected chi connectivity index (χ3v) is 3.37. The van der Waals surface area contributed by atoms with Gasteiger partial charge in [-0.3, -0.25) is 0 Å². The Bertz CT molecular complexity index is 438. The lowest BCUT2D eigenvalue weighted by Gasteiger charge is -2.40. The van der Waals surface area contributed by atoms with Gasteiger partial charge in [0.2, 0.25) is 0 Å². The van der Waals surface area contributed by atoms with Crippen molar-refractivity contribution >= 4 is 5.69 Å². The van der Waals surface area contributed by atoms with Crippen LogP contribution in [0.3, 0.4) is 0 Å². The summed E-state index contributed by atoms with van der Waals surface area (Å²) in [6.45, 7) is 2.01. The number of aliphatic hydroxyl groups excluding tert-OH is 4. The lowest BCUT2D eigenvalue weighted by molar-refractivity contribution is -0.221. The van der Waals surface area contributed by atoms with E-state index in [0.29, 0.717) is 12.3 Å². The number of hydrogen-bond donors (Lipinski definition) is 5. The van der Waals surface area contributed by atoms with Gasteiger partial charge in [0.15, 0.2) is 6.23 Å². The van der Waals surface area contributed by atoms with Crippen LogP contribution in [0, 0.1) is 0 Å². The van der Waals surface area contributed by atoms with Crippen molar-refractivity contribution in [1.82, 2.24) is 0 Å². The zero-order valence-corrected chi connectivity index (χ0v) is 11.7. The second-order valence-corrected chi connectivity index (χ2v) is 4.85. The number of hydrogen-bond acceptors (Lipinski definition) is 7. The molecule has 1 saturated heterocycles. The van der Waals surface area contributed by atoms with Crippen molar-refractivity contribution < 1.29 is 29.9 Å². The third-order valence-electron chi connectivity index (χ3n) is 3.37. The maximum atomic E-state index is 9.92. The quantitative estimate of drug-likeness (QED) is 0.489. The summed E-state index contributed by atoms with van der Waals surface area (Å²) in [6, 6.07) is 7.00. The van der Waals surface area contributed by atoms with Gasteiger partial charge in [0, 0.05) is 5.69 Å². The van der Waals surface area contributed by atoms with E-state index in [1.165, 1.54) is 0 Å². The molecule has 0 saturated carbocycles. The molecule has 1 heterocycles. The van der Waals surface area contributed by atoms with Crippen molar-refractivity contribution in [3.63, 3.8) is 0 Å². The number of nitrogens with one attached hydrogen (secondary N) is 1. The van der Waals surface area contributed by atoms with Crippen LogP contribution in [0.2, 0.25) is 0 Å². The first-order valence-corrected chi connectivity index (χ1v) is 6.86. The first kappa shape index (κ1) is 16.0. The van der Waals surface area contributed by atoms with Crippen LogP contribution >= 0.6 is 0 Å². The van der Waals surface area contributed by atoms with Crippen LogP contribution in [0.15, 0.2) is 24.3 Å². The molecule has 5 N–H and O–H groups in total. The summed E-state index contributed by atoms with van der Waals surface area (Å²) in [4.78, 5) is 0. The Morgan fingerprint density at radius 2 is 1.76 bits per heavy atom. The molecule has 0 spiro atoms. The maximum Gasteiger partial charge on any atom is 0.157 e. The van der Waals surface area contributed by atoms with Crippen molar-refractivity contribution in [2.75, 3.05) is 18.5 Å². The zero-order chi connectivity index (χ0) is 15.4. The SMILES string of the molecule is CCOc1ccc(N[C@@H]2O[C@H](CO)[C@H](O)[C@H](O)[C@H]2O)cc1. The van der Waals surface area contributed by atoms with E-state index < -0.39 is 37.3 Å². The van der Waals surface area contributed by atoms with E-state index in [-0.39, 0.29) is 0 Å². The minimum atomic E-state index is -1.39. The summed E-state index contributed by atoms with van der Waals surface area (Å²) in [5.41, 5.74) is 0.655. The van der Waals surface area contributed by atoms with Crippen molar-refractivity contribution in [3.8, 4) is 5.75 Å². The molecular weight excluding hydrogens is 278 g/mol. The first-order valence-electron chi connectivity index (χ1n) is 6.86. The number of aliphatic hydroxyl groups is 4. The first-order chi connectivity index (χ1) is 10.1. The molecule has 7 nitrogen and oxygen atoms in total. The predicted molar refractivity (Wildman–Crippen MR) is 75.0 cm³/mol. The van der Waals surface area contributed by atoms with Gasteiger partial charge in [-0.15, -0.1) is 0 Å². The molecule has 1 aromatic carbocycles. The Balaban J connectivity index is 2.03. The van der Waals surface area contributed by atoms with Crippen molar-refractivity contribution in [2.24, 2.45) is 0 Å². The number of benzene rings is 1. The molecule has 21 heavy (non-hydrogen) atoms. The van der Waals surface area contributed by atoms with Gasteiger partial charge in [-0.05, 0) is 31.2 Å². The molecule has 118 valence electrons. The van der Waals surface area contributed by atoms with E-state index >= 15 is 0 Å². The van der Waals surface area contributed by atoms with Gasteiger partial charge in [0.05, 0.1) is 13.2 Å². The fourth-order valence-corrected chi connectivity index (χ4v) is 2.20. The largest absolute Gasteiger partial charge is 0.494 e. The fraction of sp³-hybridized carbons (Fsp3) is 0.571. The molecule has 2 rings (SSSR count). The summed E-state index contributed by atoms with van der Waals surface area (Å²) in [6.07, 6.45) is -5.92. The van der Waals surface area contributed by atoms with Crippen LogP contribution in [0.5, 0.6) is 5.75 Å². The fourth-order valence-electron chi connectivity index (χ4n) is 2.20. The highest BCUT2D eigenvalue weighted by molar-refractivity contribution is 5.47. The molecule has 0 aliphatic carbocycles. The van der Waals surface area contributed by atoms with Crippen LogP contribution in [-0.2, 0) is 4.74 Å². The van der Waals surface area contributed by atoms with Gasteiger partial charge < -0.3 is 35.2 Å². The lowest BCUT2D eigenvalue weighted by atomic mass is 9.98. The van der Waals surface area contributed by atoms with E-state index in [4.69, 9.17) is 14.6 Å². The molecule has 0 radical (unpaired) electrons. The van der Waals surface area contributed by atoms with Gasteiger partial charge in [-0.25, -0.2) is 0 Å². The van der Waals surface area contributed by atoms with E-state index in [1.807, 2.05) is 6.92 Å². The average molecular weight is 299 g/mol. The number of ether oxygens (including phenoxy) is 2. The van der Waals surface area contributed by atoms with Gasteiger partial charge in [0.25, 0.3) is 0 Å².